The number of amides is 1. The molecule has 0 aliphatic carbocycles. The van der Waals surface area contributed by atoms with E-state index in [2.05, 4.69) is 10.3 Å². The number of nitrogens with zero attached hydrogens (tertiary/aromatic N) is 1. The minimum absolute atomic E-state index is 0.251. The Labute approximate surface area is 133 Å². The molecule has 0 spiro atoms. The number of carbonyl (C=O) groups is 1. The third kappa shape index (κ3) is 2.70. The lowest BCUT2D eigenvalue weighted by Gasteiger charge is -2.03. The molecule has 3 rings (SSSR count). The van der Waals surface area contributed by atoms with Gasteiger partial charge in [-0.1, -0.05) is 11.6 Å². The third-order valence-corrected chi connectivity index (χ3v) is 3.83. The molecule has 22 heavy (non-hydrogen) atoms. The fraction of sp³-hybridized carbons (Fsp3) is 0.176. The summed E-state index contributed by atoms with van der Waals surface area (Å²) < 4.78 is 5.68. The predicted molar refractivity (Wildman–Crippen MR) is 86.1 cm³/mol. The highest BCUT2D eigenvalue weighted by Crippen LogP contribution is 2.32. The molecule has 112 valence electrons. The molecule has 5 heteroatoms. The van der Waals surface area contributed by atoms with Crippen molar-refractivity contribution in [3.8, 4) is 0 Å². The highest BCUT2D eigenvalue weighted by molar-refractivity contribution is 6.35. The summed E-state index contributed by atoms with van der Waals surface area (Å²) in [7, 11) is 0. The lowest BCUT2D eigenvalue weighted by atomic mass is 10.1. The largest absolute Gasteiger partial charge is 0.449 e. The minimum Gasteiger partial charge on any atom is -0.449 e. The van der Waals surface area contributed by atoms with E-state index in [1.807, 2.05) is 38.1 Å². The van der Waals surface area contributed by atoms with E-state index < -0.39 is 0 Å². The van der Waals surface area contributed by atoms with E-state index >= 15 is 0 Å². The van der Waals surface area contributed by atoms with Gasteiger partial charge in [-0.3, -0.25) is 9.78 Å². The van der Waals surface area contributed by atoms with Crippen LogP contribution in [0.1, 0.15) is 27.2 Å². The normalized spacial score (nSPS) is 10.9. The monoisotopic (exact) mass is 314 g/mol. The van der Waals surface area contributed by atoms with Crippen molar-refractivity contribution in [3.63, 3.8) is 0 Å². The van der Waals surface area contributed by atoms with Crippen molar-refractivity contribution in [3.05, 3.63) is 64.1 Å². The molecule has 0 aliphatic heterocycles. The SMILES string of the molecule is Cc1cc(Cl)c2oc(C(=O)NCc3ccncc3)c(C)c2c1. The predicted octanol–water partition coefficient (Wildman–Crippen LogP) is 4.03. The zero-order chi connectivity index (χ0) is 15.7. The summed E-state index contributed by atoms with van der Waals surface area (Å²) >= 11 is 6.19. The molecule has 0 aliphatic rings. The van der Waals surface area contributed by atoms with Gasteiger partial charge in [-0.25, -0.2) is 0 Å². The zero-order valence-electron chi connectivity index (χ0n) is 12.3. The van der Waals surface area contributed by atoms with Gasteiger partial charge in [0.15, 0.2) is 11.3 Å². The van der Waals surface area contributed by atoms with Crippen LogP contribution in [0.5, 0.6) is 0 Å². The van der Waals surface area contributed by atoms with Gasteiger partial charge in [0.25, 0.3) is 5.91 Å². The molecule has 0 radical (unpaired) electrons. The van der Waals surface area contributed by atoms with Gasteiger partial charge in [0, 0.05) is 29.9 Å². The number of pyridine rings is 1. The summed E-state index contributed by atoms with van der Waals surface area (Å²) in [4.78, 5) is 16.3. The van der Waals surface area contributed by atoms with Gasteiger partial charge in [-0.15, -0.1) is 0 Å². The van der Waals surface area contributed by atoms with Crippen molar-refractivity contribution >= 4 is 28.5 Å². The average molecular weight is 315 g/mol. The van der Waals surface area contributed by atoms with Crippen molar-refractivity contribution in [2.75, 3.05) is 0 Å². The van der Waals surface area contributed by atoms with Crippen LogP contribution in [0.15, 0.2) is 41.1 Å². The second-order valence-corrected chi connectivity index (χ2v) is 5.62. The smallest absolute Gasteiger partial charge is 0.287 e. The Hall–Kier alpha value is -2.33. The van der Waals surface area contributed by atoms with E-state index in [1.165, 1.54) is 0 Å². The highest BCUT2D eigenvalue weighted by Gasteiger charge is 2.19. The van der Waals surface area contributed by atoms with Crippen LogP contribution < -0.4 is 5.32 Å². The number of fused-ring (bicyclic) bond motifs is 1. The van der Waals surface area contributed by atoms with Gasteiger partial charge < -0.3 is 9.73 Å². The molecule has 1 amide bonds. The first-order valence-corrected chi connectivity index (χ1v) is 7.30. The van der Waals surface area contributed by atoms with Crippen LogP contribution in [0.2, 0.25) is 5.02 Å². The number of hydrogen-bond donors (Lipinski definition) is 1. The maximum Gasteiger partial charge on any atom is 0.287 e. The van der Waals surface area contributed by atoms with Gasteiger partial charge >= 0.3 is 0 Å². The second kappa shape index (κ2) is 5.81. The summed E-state index contributed by atoms with van der Waals surface area (Å²) in [5.74, 6) is 0.0517. The maximum atomic E-state index is 12.3. The van der Waals surface area contributed by atoms with Crippen LogP contribution in [0.3, 0.4) is 0 Å². The number of rotatable bonds is 3. The van der Waals surface area contributed by atoms with E-state index in [0.717, 1.165) is 22.1 Å². The van der Waals surface area contributed by atoms with Gasteiger partial charge in [0.1, 0.15) is 0 Å². The number of benzene rings is 1. The van der Waals surface area contributed by atoms with E-state index in [9.17, 15) is 4.79 Å². The molecule has 0 unspecified atom stereocenters. The van der Waals surface area contributed by atoms with Gasteiger partial charge in [0.05, 0.1) is 5.02 Å². The number of aromatic nitrogens is 1. The summed E-state index contributed by atoms with van der Waals surface area (Å²) in [6.07, 6.45) is 3.38. The Kier molecular flexibility index (Phi) is 3.86. The number of halogens is 1. The van der Waals surface area contributed by atoms with Gasteiger partial charge in [-0.05, 0) is 49.2 Å². The van der Waals surface area contributed by atoms with Crippen LogP contribution in [0.25, 0.3) is 11.0 Å². The molecule has 3 aromatic rings. The quantitative estimate of drug-likeness (QED) is 0.794. The fourth-order valence-corrected chi connectivity index (χ4v) is 2.70. The van der Waals surface area contributed by atoms with Crippen molar-refractivity contribution in [1.82, 2.24) is 10.3 Å². The van der Waals surface area contributed by atoms with Crippen molar-refractivity contribution in [1.29, 1.82) is 0 Å². The zero-order valence-corrected chi connectivity index (χ0v) is 13.1. The standard InChI is InChI=1S/C17H15ClN2O2/c1-10-7-13-11(2)15(22-16(13)14(18)8-10)17(21)20-9-12-3-5-19-6-4-12/h3-8H,9H2,1-2H3,(H,20,21). The first-order valence-electron chi connectivity index (χ1n) is 6.92. The Balaban J connectivity index is 1.88. The van der Waals surface area contributed by atoms with Crippen molar-refractivity contribution in [2.45, 2.75) is 20.4 Å². The third-order valence-electron chi connectivity index (χ3n) is 3.55. The number of furan rings is 1. The Morgan fingerprint density at radius 2 is 2.00 bits per heavy atom. The van der Waals surface area contributed by atoms with E-state index in [0.29, 0.717) is 22.9 Å². The molecule has 1 aromatic carbocycles. The average Bonchev–Trinajstić information content (AvgIpc) is 2.84. The van der Waals surface area contributed by atoms with Crippen LogP contribution in [-0.4, -0.2) is 10.9 Å². The van der Waals surface area contributed by atoms with Gasteiger partial charge in [-0.2, -0.15) is 0 Å². The van der Waals surface area contributed by atoms with Crippen molar-refractivity contribution in [2.24, 2.45) is 0 Å². The second-order valence-electron chi connectivity index (χ2n) is 5.22. The van der Waals surface area contributed by atoms with Crippen LogP contribution in [-0.2, 0) is 6.54 Å². The fourth-order valence-electron chi connectivity index (χ4n) is 2.39. The summed E-state index contributed by atoms with van der Waals surface area (Å²) in [5.41, 5.74) is 3.36. The molecule has 0 fully saturated rings. The summed E-state index contributed by atoms with van der Waals surface area (Å²) in [6.45, 7) is 4.24. The molecule has 0 saturated heterocycles. The van der Waals surface area contributed by atoms with E-state index in [4.69, 9.17) is 16.0 Å². The molecule has 2 aromatic heterocycles. The van der Waals surface area contributed by atoms with E-state index in [1.54, 1.807) is 12.4 Å². The lowest BCUT2D eigenvalue weighted by molar-refractivity contribution is 0.0924. The van der Waals surface area contributed by atoms with E-state index in [-0.39, 0.29) is 5.91 Å². The van der Waals surface area contributed by atoms with Gasteiger partial charge in [0.2, 0.25) is 0 Å². The summed E-state index contributed by atoms with van der Waals surface area (Å²) in [6, 6.07) is 7.50. The molecule has 2 heterocycles. The van der Waals surface area contributed by atoms with Crippen LogP contribution in [0, 0.1) is 13.8 Å². The van der Waals surface area contributed by atoms with Crippen LogP contribution >= 0.6 is 11.6 Å². The molecule has 0 bridgehead atoms. The number of aryl methyl sites for hydroxylation is 2. The molecular formula is C17H15ClN2O2. The van der Waals surface area contributed by atoms with Crippen LogP contribution in [0.4, 0.5) is 0 Å². The Morgan fingerprint density at radius 1 is 1.27 bits per heavy atom. The minimum atomic E-state index is -0.251. The topological polar surface area (TPSA) is 55.1 Å². The highest BCUT2D eigenvalue weighted by atomic mass is 35.5. The first kappa shape index (κ1) is 14.6. The molecule has 0 atom stereocenters. The Morgan fingerprint density at radius 3 is 2.73 bits per heavy atom. The Bertz CT molecular complexity index is 841. The molecule has 1 N–H and O–H groups in total. The van der Waals surface area contributed by atoms with Crippen molar-refractivity contribution < 1.29 is 9.21 Å². The maximum absolute atomic E-state index is 12.3. The molecule has 4 nitrogen and oxygen atoms in total. The summed E-state index contributed by atoms with van der Waals surface area (Å²) in [5, 5.41) is 4.24. The number of nitrogens with one attached hydrogen (secondary N) is 1. The first-order chi connectivity index (χ1) is 10.6. The molecular weight excluding hydrogens is 300 g/mol. The lowest BCUT2D eigenvalue weighted by Crippen LogP contribution is -2.22. The number of carbonyl (C=O) groups excluding carboxylic acids is 1. The number of hydrogen-bond acceptors (Lipinski definition) is 3. The molecule has 0 saturated carbocycles.